The van der Waals surface area contributed by atoms with Crippen LogP contribution in [-0.4, -0.2) is 28.5 Å². The highest BCUT2D eigenvalue weighted by Crippen LogP contribution is 2.64. The lowest BCUT2D eigenvalue weighted by Crippen LogP contribution is -2.58. The van der Waals surface area contributed by atoms with E-state index in [1.54, 1.807) is 24.3 Å². The lowest BCUT2D eigenvalue weighted by atomic mass is 9.44. The predicted octanol–water partition coefficient (Wildman–Crippen LogP) is 7.69. The smallest absolute Gasteiger partial charge is 0.238 e. The molecule has 0 unspecified atom stereocenters. The van der Waals surface area contributed by atoms with E-state index in [2.05, 4.69) is 0 Å². The van der Waals surface area contributed by atoms with Gasteiger partial charge in [0, 0.05) is 22.4 Å². The third kappa shape index (κ3) is 4.54. The minimum atomic E-state index is -1.31. The number of halogens is 1. The maximum atomic E-state index is 15.1. The zero-order valence-corrected chi connectivity index (χ0v) is 27.9. The van der Waals surface area contributed by atoms with E-state index in [4.69, 9.17) is 11.6 Å². The van der Waals surface area contributed by atoms with E-state index in [9.17, 15) is 19.5 Å². The first kappa shape index (κ1) is 31.2. The predicted molar refractivity (Wildman–Crippen MR) is 188 cm³/mol. The highest BCUT2D eigenvalue weighted by Gasteiger charge is 2.66. The van der Waals surface area contributed by atoms with E-state index in [-0.39, 0.29) is 35.6 Å². The summed E-state index contributed by atoms with van der Waals surface area (Å²) in [5.41, 5.74) is 3.99. The number of Topliss-reactive ketones (excluding diaryl/α,β-unsaturated/α-hetero) is 1. The molecule has 0 radical (unpaired) electrons. The highest BCUT2D eigenvalue weighted by molar-refractivity contribution is 6.33. The molecule has 2 fully saturated rings. The Hall–Kier alpha value is -5.07. The molecule has 4 aromatic rings. The number of imide groups is 1. The van der Waals surface area contributed by atoms with Gasteiger partial charge in [-0.1, -0.05) is 102 Å². The van der Waals surface area contributed by atoms with Crippen molar-refractivity contribution in [3.8, 4) is 5.75 Å². The normalized spacial score (nSPS) is 27.7. The molecule has 3 aliphatic carbocycles. The molecule has 0 bridgehead atoms. The van der Waals surface area contributed by atoms with Crippen LogP contribution in [-0.2, 0) is 24.6 Å². The summed E-state index contributed by atoms with van der Waals surface area (Å²) < 4.78 is 0. The molecule has 2 amide bonds. The van der Waals surface area contributed by atoms with E-state index >= 15 is 4.79 Å². The van der Waals surface area contributed by atoms with E-state index in [0.29, 0.717) is 33.8 Å². The van der Waals surface area contributed by atoms with Crippen molar-refractivity contribution in [3.63, 3.8) is 0 Å². The van der Waals surface area contributed by atoms with Crippen molar-refractivity contribution in [2.75, 3.05) is 4.90 Å². The van der Waals surface area contributed by atoms with Crippen LogP contribution in [0.3, 0.4) is 0 Å². The summed E-state index contributed by atoms with van der Waals surface area (Å²) in [6, 6.07) is 29.2. The molecular weight excluding hydrogens is 634 g/mol. The minimum absolute atomic E-state index is 0.125. The van der Waals surface area contributed by atoms with Crippen molar-refractivity contribution in [2.24, 2.45) is 23.7 Å². The Kier molecular flexibility index (Phi) is 7.34. The van der Waals surface area contributed by atoms with E-state index < -0.39 is 35.0 Å². The van der Waals surface area contributed by atoms with Crippen molar-refractivity contribution in [1.29, 1.82) is 0 Å². The lowest BCUT2D eigenvalue weighted by molar-refractivity contribution is -0.135. The van der Waals surface area contributed by atoms with Crippen LogP contribution in [0.25, 0.3) is 5.57 Å². The van der Waals surface area contributed by atoms with Crippen molar-refractivity contribution in [3.05, 3.63) is 148 Å². The number of hydrogen-bond donors (Lipinski definition) is 1. The molecule has 244 valence electrons. The monoisotopic (exact) mass is 667 g/mol. The van der Waals surface area contributed by atoms with Crippen molar-refractivity contribution < 1.29 is 24.3 Å². The molecule has 4 aromatic carbocycles. The second-order valence-electron chi connectivity index (χ2n) is 13.8. The molecule has 1 heterocycles. The fraction of sp³-hybridized carbons (Fsp3) is 0.238. The molecule has 0 aromatic heterocycles. The Balaban J connectivity index is 1.35. The van der Waals surface area contributed by atoms with Gasteiger partial charge in [0.1, 0.15) is 5.75 Å². The number of nitrogens with zero attached hydrogens (tertiary/aromatic N) is 1. The first-order valence-corrected chi connectivity index (χ1v) is 17.1. The van der Waals surface area contributed by atoms with Gasteiger partial charge in [-0.05, 0) is 84.7 Å². The number of hydrogen-bond acceptors (Lipinski definition) is 5. The number of rotatable bonds is 4. The molecule has 8 rings (SSSR count). The molecule has 1 N–H and O–H groups in total. The van der Waals surface area contributed by atoms with Gasteiger partial charge in [0.25, 0.3) is 0 Å². The van der Waals surface area contributed by atoms with E-state index in [1.165, 1.54) is 11.0 Å². The Bertz CT molecular complexity index is 2140. The van der Waals surface area contributed by atoms with Gasteiger partial charge in [-0.3, -0.25) is 19.2 Å². The summed E-state index contributed by atoms with van der Waals surface area (Å²) in [5, 5.41) is 11.0. The summed E-state index contributed by atoms with van der Waals surface area (Å²) in [6.07, 6.45) is 4.12. The van der Waals surface area contributed by atoms with Gasteiger partial charge >= 0.3 is 0 Å². The molecule has 1 saturated carbocycles. The minimum Gasteiger partial charge on any atom is -0.508 e. The topological polar surface area (TPSA) is 91.8 Å². The second kappa shape index (κ2) is 11.5. The molecule has 1 aliphatic heterocycles. The van der Waals surface area contributed by atoms with Crippen LogP contribution >= 0.6 is 11.6 Å². The Morgan fingerprint density at radius 1 is 0.796 bits per heavy atom. The maximum Gasteiger partial charge on any atom is 0.238 e. The first-order chi connectivity index (χ1) is 23.6. The van der Waals surface area contributed by atoms with Gasteiger partial charge in [0.15, 0.2) is 11.6 Å². The van der Waals surface area contributed by atoms with Crippen LogP contribution in [0.1, 0.15) is 46.6 Å². The van der Waals surface area contributed by atoms with Crippen molar-refractivity contribution in [1.82, 2.24) is 0 Å². The van der Waals surface area contributed by atoms with E-state index in [1.807, 2.05) is 92.7 Å². The summed E-state index contributed by atoms with van der Waals surface area (Å²) in [6.45, 7) is 3.67. The number of carbonyl (C=O) groups is 4. The quantitative estimate of drug-likeness (QED) is 0.178. The third-order valence-corrected chi connectivity index (χ3v) is 11.8. The zero-order valence-electron chi connectivity index (χ0n) is 27.1. The maximum absolute atomic E-state index is 15.1. The highest BCUT2D eigenvalue weighted by atomic mass is 35.5. The number of aryl methyl sites for hydroxylation is 2. The van der Waals surface area contributed by atoms with Crippen LogP contribution in [0, 0.1) is 37.5 Å². The Morgan fingerprint density at radius 2 is 1.51 bits per heavy atom. The fourth-order valence-corrected chi connectivity index (χ4v) is 9.26. The Labute approximate surface area is 289 Å². The van der Waals surface area contributed by atoms with Crippen molar-refractivity contribution in [2.45, 2.75) is 38.0 Å². The SMILES string of the molecule is Cc1cc([C@H]2C3=CC[C@@H]4C(=O)N(c5ccc(C)c(Cl)c5)C(=O)[C@@H]4[C@@H]3C[C@H]3C(=O)C(c4ccccc4)=CC(=O)[C@@]23c2ccccc2)ccc1O. The molecule has 6 nitrogen and oxygen atoms in total. The molecule has 49 heavy (non-hydrogen) atoms. The van der Waals surface area contributed by atoms with Gasteiger partial charge in [-0.15, -0.1) is 0 Å². The number of phenolic OH excluding ortho intramolecular Hbond substituents is 1. The standard InChI is InChI=1S/C42H34ClNO5/c1-23-13-15-28(20-34(23)43)44-40(48)30-17-16-29-32(37(30)41(44)49)21-33-39(47)31(25-9-5-3-6-10-25)22-36(46)42(33,27-11-7-4-8-12-27)38(29)26-14-18-35(45)24(2)19-26/h3-16,18-20,22,30,32-33,37-38,45H,17,21H2,1-2H3/t30-,32+,33-,37-,38-,42-/m0/s1. The van der Waals surface area contributed by atoms with Gasteiger partial charge in [-0.25, -0.2) is 4.90 Å². The number of benzene rings is 4. The van der Waals surface area contributed by atoms with Crippen LogP contribution in [0.2, 0.25) is 5.02 Å². The Morgan fingerprint density at radius 3 is 2.20 bits per heavy atom. The first-order valence-electron chi connectivity index (χ1n) is 16.7. The number of ketones is 2. The summed E-state index contributed by atoms with van der Waals surface area (Å²) in [7, 11) is 0. The molecule has 6 atom stereocenters. The number of carbonyl (C=O) groups excluding carboxylic acids is 4. The number of aromatic hydroxyl groups is 1. The van der Waals surface area contributed by atoms with Gasteiger partial charge in [0.05, 0.1) is 22.9 Å². The number of fused-ring (bicyclic) bond motifs is 4. The summed E-state index contributed by atoms with van der Waals surface area (Å²) in [5.74, 6) is -4.05. The molecule has 0 spiro atoms. The van der Waals surface area contributed by atoms with Crippen LogP contribution in [0.5, 0.6) is 5.75 Å². The average molecular weight is 668 g/mol. The number of anilines is 1. The molecule has 7 heteroatoms. The van der Waals surface area contributed by atoms with Gasteiger partial charge in [-0.2, -0.15) is 0 Å². The number of phenols is 1. The van der Waals surface area contributed by atoms with Gasteiger partial charge in [0.2, 0.25) is 11.8 Å². The molecule has 4 aliphatic rings. The summed E-state index contributed by atoms with van der Waals surface area (Å²) >= 11 is 6.45. The summed E-state index contributed by atoms with van der Waals surface area (Å²) in [4.78, 5) is 59.9. The molecular formula is C42H34ClNO5. The number of amides is 2. The number of allylic oxidation sites excluding steroid dienone is 4. The van der Waals surface area contributed by atoms with Crippen LogP contribution < -0.4 is 4.90 Å². The van der Waals surface area contributed by atoms with E-state index in [0.717, 1.165) is 22.3 Å². The average Bonchev–Trinajstić information content (AvgIpc) is 3.37. The van der Waals surface area contributed by atoms with Crippen molar-refractivity contribution >= 4 is 46.2 Å². The third-order valence-electron chi connectivity index (χ3n) is 11.3. The molecule has 1 saturated heterocycles. The van der Waals surface area contributed by atoms with Crippen LogP contribution in [0.15, 0.2) is 115 Å². The fourth-order valence-electron chi connectivity index (χ4n) is 9.08. The van der Waals surface area contributed by atoms with Gasteiger partial charge < -0.3 is 5.11 Å². The zero-order chi connectivity index (χ0) is 34.2. The van der Waals surface area contributed by atoms with Crippen LogP contribution in [0.4, 0.5) is 5.69 Å². The lowest BCUT2D eigenvalue weighted by Gasteiger charge is -2.55. The largest absolute Gasteiger partial charge is 0.508 e. The second-order valence-corrected chi connectivity index (χ2v) is 14.2.